The van der Waals surface area contributed by atoms with E-state index in [1.807, 2.05) is 0 Å². The third-order valence-corrected chi connectivity index (χ3v) is 6.14. The number of aliphatic hydroxyl groups is 4. The number of phenols is 2. The highest BCUT2D eigenvalue weighted by atomic mass is 16.7. The van der Waals surface area contributed by atoms with Crippen LogP contribution in [-0.2, 0) is 39.7 Å². The molecular weight excluding hydrogens is 502 g/mol. The molecule has 1 aromatic rings. The van der Waals surface area contributed by atoms with E-state index < -0.39 is 73.3 Å². The van der Waals surface area contributed by atoms with Crippen LogP contribution >= 0.6 is 0 Å². The van der Waals surface area contributed by atoms with Crippen molar-refractivity contribution in [2.75, 3.05) is 20.8 Å². The Hall–Kier alpha value is -2.60. The normalized spacial score (nSPS) is 36.2. The number of carboxylic acids is 1. The number of hydrogen-bond donors (Lipinski definition) is 8. The van der Waals surface area contributed by atoms with Crippen LogP contribution in [0, 0.1) is 0 Å². The van der Waals surface area contributed by atoms with E-state index in [0.29, 0.717) is 5.56 Å². The lowest BCUT2D eigenvalue weighted by Gasteiger charge is -2.45. The van der Waals surface area contributed by atoms with E-state index in [2.05, 4.69) is 5.32 Å². The molecule has 0 spiro atoms. The SMILES string of the molecule is COC1OC(C(=O)NCCc2ccc(O)c(O)c2)C(O)C(OC2OC(C(=O)O)C(OC)C(O)C2O)C1O. The molecule has 1 aromatic carbocycles. The molecule has 208 valence electrons. The van der Waals surface area contributed by atoms with Gasteiger partial charge in [0.05, 0.1) is 0 Å². The van der Waals surface area contributed by atoms with Gasteiger partial charge in [-0.05, 0) is 24.1 Å². The van der Waals surface area contributed by atoms with Crippen molar-refractivity contribution < 1.29 is 69.0 Å². The molecule has 0 bridgehead atoms. The van der Waals surface area contributed by atoms with Crippen LogP contribution in [0.25, 0.3) is 0 Å². The predicted molar refractivity (Wildman–Crippen MR) is 118 cm³/mol. The molecule has 2 heterocycles. The fraction of sp³-hybridized carbons (Fsp3) is 0.636. The smallest absolute Gasteiger partial charge is 0.335 e. The molecule has 2 aliphatic heterocycles. The van der Waals surface area contributed by atoms with Crippen molar-refractivity contribution in [2.24, 2.45) is 0 Å². The Balaban J connectivity index is 1.69. The zero-order valence-electron chi connectivity index (χ0n) is 19.9. The molecular formula is C22H31NO14. The summed E-state index contributed by atoms with van der Waals surface area (Å²) in [6, 6.07) is 4.14. The molecule has 15 nitrogen and oxygen atoms in total. The minimum absolute atomic E-state index is 0.0384. The van der Waals surface area contributed by atoms with Crippen LogP contribution in [0.15, 0.2) is 18.2 Å². The summed E-state index contributed by atoms with van der Waals surface area (Å²) in [5, 5.41) is 72.9. The van der Waals surface area contributed by atoms with Gasteiger partial charge in [-0.1, -0.05) is 6.07 Å². The van der Waals surface area contributed by atoms with Crippen LogP contribution < -0.4 is 5.32 Å². The van der Waals surface area contributed by atoms with Gasteiger partial charge in [0, 0.05) is 20.8 Å². The summed E-state index contributed by atoms with van der Waals surface area (Å²) in [6.07, 6.45) is -16.7. The number of methoxy groups -OCH3 is 2. The number of aliphatic carboxylic acids is 1. The van der Waals surface area contributed by atoms with Gasteiger partial charge in [0.15, 0.2) is 36.3 Å². The summed E-state index contributed by atoms with van der Waals surface area (Å²) in [6.45, 7) is 0.0384. The third-order valence-electron chi connectivity index (χ3n) is 6.14. The van der Waals surface area contributed by atoms with Gasteiger partial charge in [0.1, 0.15) is 36.6 Å². The van der Waals surface area contributed by atoms with Gasteiger partial charge >= 0.3 is 5.97 Å². The third kappa shape index (κ3) is 6.28. The standard InChI is InChI=1S/C22H31NO14/c1-33-16-11(26)12(27)22(37-18(16)20(31)32)35-15-13(28)17(36-21(34-2)14(15)29)19(30)23-6-5-8-3-4-9(24)10(25)7-8/h3-4,7,11-18,21-22,24-29H,5-6H2,1-2H3,(H,23,30)(H,31,32). The summed E-state index contributed by atoms with van der Waals surface area (Å²) < 4.78 is 26.0. The van der Waals surface area contributed by atoms with Gasteiger partial charge in [-0.15, -0.1) is 0 Å². The maximum Gasteiger partial charge on any atom is 0.335 e. The number of hydrogen-bond acceptors (Lipinski definition) is 13. The number of rotatable bonds is 9. The molecule has 37 heavy (non-hydrogen) atoms. The number of carboxylic acid groups (broad SMARTS) is 1. The lowest BCUT2D eigenvalue weighted by molar-refractivity contribution is -0.350. The van der Waals surface area contributed by atoms with E-state index in [0.717, 1.165) is 14.2 Å². The molecule has 3 rings (SSSR count). The Bertz CT molecular complexity index is 946. The largest absolute Gasteiger partial charge is 0.504 e. The van der Waals surface area contributed by atoms with Crippen molar-refractivity contribution in [1.29, 1.82) is 0 Å². The second-order valence-electron chi connectivity index (χ2n) is 8.55. The van der Waals surface area contributed by atoms with Gasteiger partial charge in [-0.3, -0.25) is 4.79 Å². The minimum atomic E-state index is -1.84. The first-order valence-corrected chi connectivity index (χ1v) is 11.3. The highest BCUT2D eigenvalue weighted by Crippen LogP contribution is 2.30. The number of phenolic OH excluding ortho intramolecular Hbond substituents is 2. The number of aromatic hydroxyl groups is 2. The number of nitrogens with one attached hydrogen (secondary N) is 1. The molecule has 8 N–H and O–H groups in total. The second kappa shape index (κ2) is 12.3. The Labute approximate surface area is 210 Å². The van der Waals surface area contributed by atoms with Gasteiger partial charge < -0.3 is 64.7 Å². The monoisotopic (exact) mass is 533 g/mol. The molecule has 2 saturated heterocycles. The molecule has 15 heteroatoms. The quantitative estimate of drug-likeness (QED) is 0.146. The average molecular weight is 533 g/mol. The zero-order chi connectivity index (χ0) is 27.4. The summed E-state index contributed by atoms with van der Waals surface area (Å²) in [7, 11) is 2.28. The molecule has 10 unspecified atom stereocenters. The number of benzene rings is 1. The topological polar surface area (TPSA) is 234 Å². The Kier molecular flexibility index (Phi) is 9.63. The van der Waals surface area contributed by atoms with Crippen LogP contribution in [0.2, 0.25) is 0 Å². The van der Waals surface area contributed by atoms with Gasteiger partial charge in [-0.25, -0.2) is 4.79 Å². The van der Waals surface area contributed by atoms with E-state index >= 15 is 0 Å². The van der Waals surface area contributed by atoms with Crippen molar-refractivity contribution in [3.8, 4) is 11.5 Å². The maximum atomic E-state index is 12.8. The highest BCUT2D eigenvalue weighted by Gasteiger charge is 2.53. The molecule has 10 atom stereocenters. The van der Waals surface area contributed by atoms with Crippen LogP contribution in [0.4, 0.5) is 0 Å². The lowest BCUT2D eigenvalue weighted by atomic mass is 9.96. The Morgan fingerprint density at radius 3 is 2.14 bits per heavy atom. The van der Waals surface area contributed by atoms with Crippen molar-refractivity contribution in [3.63, 3.8) is 0 Å². The fourth-order valence-corrected chi connectivity index (χ4v) is 4.13. The maximum absolute atomic E-state index is 12.8. The van der Waals surface area contributed by atoms with Crippen LogP contribution in [0.5, 0.6) is 11.5 Å². The van der Waals surface area contributed by atoms with E-state index in [-0.39, 0.29) is 24.5 Å². The summed E-state index contributed by atoms with van der Waals surface area (Å²) in [4.78, 5) is 24.3. The van der Waals surface area contributed by atoms with Crippen LogP contribution in [-0.4, -0.2) is 130 Å². The average Bonchev–Trinajstić information content (AvgIpc) is 2.86. The molecule has 0 saturated carbocycles. The van der Waals surface area contributed by atoms with Crippen molar-refractivity contribution in [3.05, 3.63) is 23.8 Å². The number of carbonyl (C=O) groups is 2. The molecule has 1 amide bonds. The van der Waals surface area contributed by atoms with Gasteiger partial charge in [-0.2, -0.15) is 0 Å². The highest BCUT2D eigenvalue weighted by molar-refractivity contribution is 5.81. The molecule has 2 fully saturated rings. The number of carbonyl (C=O) groups excluding carboxylic acids is 1. The first-order chi connectivity index (χ1) is 17.5. The number of aliphatic hydroxyl groups excluding tert-OH is 4. The van der Waals surface area contributed by atoms with E-state index in [4.69, 9.17) is 23.7 Å². The van der Waals surface area contributed by atoms with Crippen molar-refractivity contribution in [1.82, 2.24) is 5.32 Å². The van der Waals surface area contributed by atoms with Crippen LogP contribution in [0.1, 0.15) is 5.56 Å². The molecule has 2 aliphatic rings. The minimum Gasteiger partial charge on any atom is -0.504 e. The first kappa shape index (κ1) is 29.0. The van der Waals surface area contributed by atoms with Crippen LogP contribution in [0.3, 0.4) is 0 Å². The van der Waals surface area contributed by atoms with E-state index in [1.54, 1.807) is 0 Å². The van der Waals surface area contributed by atoms with Crippen molar-refractivity contribution >= 4 is 11.9 Å². The Morgan fingerprint density at radius 1 is 0.865 bits per heavy atom. The lowest BCUT2D eigenvalue weighted by Crippen LogP contribution is -2.66. The van der Waals surface area contributed by atoms with Crippen molar-refractivity contribution in [2.45, 2.75) is 67.8 Å². The second-order valence-corrected chi connectivity index (χ2v) is 8.55. The van der Waals surface area contributed by atoms with E-state index in [1.165, 1.54) is 18.2 Å². The summed E-state index contributed by atoms with van der Waals surface area (Å²) in [5.74, 6) is -2.96. The predicted octanol–water partition coefficient (Wildman–Crippen LogP) is -3.22. The summed E-state index contributed by atoms with van der Waals surface area (Å²) in [5.41, 5.74) is 0.594. The zero-order valence-corrected chi connectivity index (χ0v) is 19.9. The summed E-state index contributed by atoms with van der Waals surface area (Å²) >= 11 is 0. The van der Waals surface area contributed by atoms with E-state index in [9.17, 15) is 45.3 Å². The van der Waals surface area contributed by atoms with Gasteiger partial charge in [0.25, 0.3) is 5.91 Å². The molecule has 0 aliphatic carbocycles. The molecule has 0 aromatic heterocycles. The molecule has 0 radical (unpaired) electrons. The number of ether oxygens (including phenoxy) is 5. The van der Waals surface area contributed by atoms with Gasteiger partial charge in [0.2, 0.25) is 0 Å². The Morgan fingerprint density at radius 2 is 1.54 bits per heavy atom. The first-order valence-electron chi connectivity index (χ1n) is 11.3. The fourth-order valence-electron chi connectivity index (χ4n) is 4.13. The number of amides is 1.